The van der Waals surface area contributed by atoms with E-state index in [2.05, 4.69) is 19.2 Å². The number of hydrogen-bond acceptors (Lipinski definition) is 2. The highest BCUT2D eigenvalue weighted by Crippen LogP contribution is 2.68. The first-order valence-corrected chi connectivity index (χ1v) is 7.69. The van der Waals surface area contributed by atoms with Crippen LogP contribution < -0.4 is 5.32 Å². The van der Waals surface area contributed by atoms with Gasteiger partial charge in [-0.3, -0.25) is 9.59 Å². The second-order valence-corrected chi connectivity index (χ2v) is 6.80. The molecule has 114 valence electrons. The van der Waals surface area contributed by atoms with Gasteiger partial charge in [-0.2, -0.15) is 0 Å². The molecule has 0 saturated heterocycles. The van der Waals surface area contributed by atoms with Gasteiger partial charge in [-0.15, -0.1) is 0 Å². The van der Waals surface area contributed by atoms with Crippen molar-refractivity contribution in [1.29, 1.82) is 0 Å². The summed E-state index contributed by atoms with van der Waals surface area (Å²) in [4.78, 5) is 24.1. The van der Waals surface area contributed by atoms with Crippen molar-refractivity contribution in [3.05, 3.63) is 53.2 Å². The highest BCUT2D eigenvalue weighted by molar-refractivity contribution is 6.02. The molecule has 2 fully saturated rings. The Morgan fingerprint density at radius 1 is 1.27 bits per heavy atom. The van der Waals surface area contributed by atoms with Gasteiger partial charge in [0.05, 0.1) is 0 Å². The van der Waals surface area contributed by atoms with Crippen molar-refractivity contribution in [2.45, 2.75) is 27.2 Å². The summed E-state index contributed by atoms with van der Waals surface area (Å²) in [5.41, 5.74) is 2.72. The first kappa shape index (κ1) is 14.8. The third-order valence-electron chi connectivity index (χ3n) is 5.01. The average molecular weight is 295 g/mol. The van der Waals surface area contributed by atoms with Crippen molar-refractivity contribution in [3.63, 3.8) is 0 Å². The number of carbonyl (C=O) groups is 2. The molecule has 0 spiro atoms. The Morgan fingerprint density at radius 2 is 1.95 bits per heavy atom. The molecule has 1 aromatic carbocycles. The molecule has 0 aliphatic heterocycles. The lowest BCUT2D eigenvalue weighted by molar-refractivity contribution is -0.115. The summed E-state index contributed by atoms with van der Waals surface area (Å²) in [5.74, 6) is 0.780. The van der Waals surface area contributed by atoms with Gasteiger partial charge in [-0.25, -0.2) is 0 Å². The predicted octanol–water partition coefficient (Wildman–Crippen LogP) is 3.34. The maximum Gasteiger partial charge on any atom is 0.248 e. The predicted molar refractivity (Wildman–Crippen MR) is 86.7 cm³/mol. The van der Waals surface area contributed by atoms with Crippen LogP contribution in [0, 0.1) is 17.3 Å². The van der Waals surface area contributed by atoms with E-state index in [-0.39, 0.29) is 17.1 Å². The molecule has 0 heterocycles. The van der Waals surface area contributed by atoms with Crippen LogP contribution in [-0.2, 0) is 9.59 Å². The highest BCUT2D eigenvalue weighted by Gasteiger charge is 2.65. The number of nitrogens with one attached hydrogen (secondary N) is 1. The molecule has 0 unspecified atom stereocenters. The quantitative estimate of drug-likeness (QED) is 0.869. The molecule has 0 aromatic heterocycles. The summed E-state index contributed by atoms with van der Waals surface area (Å²) in [6, 6.07) is 9.67. The maximum atomic E-state index is 12.1. The minimum absolute atomic E-state index is 0.191. The number of rotatable bonds is 3. The van der Waals surface area contributed by atoms with Gasteiger partial charge in [0, 0.05) is 23.8 Å². The molecule has 22 heavy (non-hydrogen) atoms. The molecule has 2 saturated carbocycles. The lowest BCUT2D eigenvalue weighted by Gasteiger charge is -2.13. The SMILES string of the molecule is C/C(NC(=O)/C=C/c1ccccc1)=C1/C(=O)C[C@@H]2[C@@H]1C2(C)C. The molecule has 2 aliphatic carbocycles. The third-order valence-corrected chi connectivity index (χ3v) is 5.01. The number of fused-ring (bicyclic) bond motifs is 1. The van der Waals surface area contributed by atoms with E-state index in [0.717, 1.165) is 11.1 Å². The van der Waals surface area contributed by atoms with E-state index in [0.29, 0.717) is 24.0 Å². The van der Waals surface area contributed by atoms with E-state index in [9.17, 15) is 9.59 Å². The van der Waals surface area contributed by atoms with E-state index >= 15 is 0 Å². The molecular formula is C19H21NO2. The van der Waals surface area contributed by atoms with Crippen molar-refractivity contribution in [1.82, 2.24) is 5.32 Å². The molecule has 1 amide bonds. The van der Waals surface area contributed by atoms with Gasteiger partial charge in [0.15, 0.2) is 5.78 Å². The van der Waals surface area contributed by atoms with Crippen molar-refractivity contribution in [3.8, 4) is 0 Å². The Kier molecular flexibility index (Phi) is 3.51. The zero-order valence-electron chi connectivity index (χ0n) is 13.2. The van der Waals surface area contributed by atoms with E-state index < -0.39 is 0 Å². The summed E-state index contributed by atoms with van der Waals surface area (Å²) in [5, 5.41) is 2.85. The third kappa shape index (κ3) is 2.52. The van der Waals surface area contributed by atoms with Crippen molar-refractivity contribution in [2.24, 2.45) is 17.3 Å². The Morgan fingerprint density at radius 3 is 2.59 bits per heavy atom. The van der Waals surface area contributed by atoms with Crippen LogP contribution >= 0.6 is 0 Å². The lowest BCUT2D eigenvalue weighted by atomic mass is 9.95. The van der Waals surface area contributed by atoms with Crippen molar-refractivity contribution in [2.75, 3.05) is 0 Å². The first-order chi connectivity index (χ1) is 10.4. The molecule has 0 radical (unpaired) electrons. The van der Waals surface area contributed by atoms with E-state index in [1.54, 1.807) is 6.08 Å². The number of allylic oxidation sites excluding steroid dienone is 2. The molecule has 3 heteroatoms. The van der Waals surface area contributed by atoms with Crippen LogP contribution in [0.5, 0.6) is 0 Å². The Labute approximate surface area is 131 Å². The molecule has 3 nitrogen and oxygen atoms in total. The molecular weight excluding hydrogens is 274 g/mol. The minimum Gasteiger partial charge on any atom is -0.326 e. The van der Waals surface area contributed by atoms with Crippen LogP contribution in [-0.4, -0.2) is 11.7 Å². The van der Waals surface area contributed by atoms with Crippen LogP contribution in [0.15, 0.2) is 47.7 Å². The molecule has 0 bridgehead atoms. The van der Waals surface area contributed by atoms with E-state index in [4.69, 9.17) is 0 Å². The van der Waals surface area contributed by atoms with Gasteiger partial charge in [-0.05, 0) is 35.8 Å². The normalized spacial score (nSPS) is 27.7. The summed E-state index contributed by atoms with van der Waals surface area (Å²) in [6.07, 6.45) is 3.90. The second-order valence-electron chi connectivity index (χ2n) is 6.80. The minimum atomic E-state index is -0.191. The smallest absolute Gasteiger partial charge is 0.248 e. The average Bonchev–Trinajstić information content (AvgIpc) is 2.84. The van der Waals surface area contributed by atoms with Crippen LogP contribution in [0.2, 0.25) is 0 Å². The molecule has 2 aliphatic rings. The summed E-state index contributed by atoms with van der Waals surface area (Å²) in [6.45, 7) is 6.22. The van der Waals surface area contributed by atoms with Gasteiger partial charge >= 0.3 is 0 Å². The Balaban J connectivity index is 1.70. The zero-order chi connectivity index (χ0) is 15.9. The largest absolute Gasteiger partial charge is 0.326 e. The van der Waals surface area contributed by atoms with Crippen LogP contribution in [0.4, 0.5) is 0 Å². The fraction of sp³-hybridized carbons (Fsp3) is 0.368. The molecule has 1 aromatic rings. The number of benzene rings is 1. The fourth-order valence-corrected chi connectivity index (χ4v) is 3.65. The number of Topliss-reactive ketones (excluding diaryl/α,β-unsaturated/α-hetero) is 1. The summed E-state index contributed by atoms with van der Waals surface area (Å²) >= 11 is 0. The summed E-state index contributed by atoms with van der Waals surface area (Å²) < 4.78 is 0. The lowest BCUT2D eigenvalue weighted by Crippen LogP contribution is -2.23. The topological polar surface area (TPSA) is 46.2 Å². The number of amides is 1. The van der Waals surface area contributed by atoms with Crippen LogP contribution in [0.1, 0.15) is 32.8 Å². The zero-order valence-corrected chi connectivity index (χ0v) is 13.2. The van der Waals surface area contributed by atoms with Gasteiger partial charge in [0.25, 0.3) is 0 Å². The molecule has 2 atom stereocenters. The van der Waals surface area contributed by atoms with Crippen molar-refractivity contribution >= 4 is 17.8 Å². The number of hydrogen-bond donors (Lipinski definition) is 1. The monoisotopic (exact) mass is 295 g/mol. The van der Waals surface area contributed by atoms with Crippen molar-refractivity contribution < 1.29 is 9.59 Å². The fourth-order valence-electron chi connectivity index (χ4n) is 3.65. The van der Waals surface area contributed by atoms with Gasteiger partial charge in [-0.1, -0.05) is 44.2 Å². The second kappa shape index (κ2) is 5.24. The van der Waals surface area contributed by atoms with Crippen LogP contribution in [0.25, 0.3) is 6.08 Å². The molecule has 1 N–H and O–H groups in total. The maximum absolute atomic E-state index is 12.1. The van der Waals surface area contributed by atoms with E-state index in [1.807, 2.05) is 37.3 Å². The Hall–Kier alpha value is -2.16. The molecule has 3 rings (SSSR count). The number of carbonyl (C=O) groups excluding carboxylic acids is 2. The van der Waals surface area contributed by atoms with Gasteiger partial charge < -0.3 is 5.32 Å². The Bertz CT molecular complexity index is 683. The standard InChI is InChI=1S/C19H21NO2/c1-12(17-15(21)11-14-18(17)19(14,2)3)20-16(22)10-9-13-7-5-4-6-8-13/h4-10,14,18H,11H2,1-3H3,(H,20,22)/b10-9+,17-12+/t14-,18+/m1/s1. The summed E-state index contributed by atoms with van der Waals surface area (Å²) in [7, 11) is 0. The van der Waals surface area contributed by atoms with Gasteiger partial charge in [0.2, 0.25) is 5.91 Å². The first-order valence-electron chi connectivity index (χ1n) is 7.69. The van der Waals surface area contributed by atoms with Gasteiger partial charge in [0.1, 0.15) is 0 Å². The van der Waals surface area contributed by atoms with E-state index in [1.165, 1.54) is 6.08 Å². The highest BCUT2D eigenvalue weighted by atomic mass is 16.1. The van der Waals surface area contributed by atoms with Crippen LogP contribution in [0.3, 0.4) is 0 Å². The number of ketones is 1.